The Hall–Kier alpha value is -2.91. The standard InChI is InChI=1S/C23H24N4O3S2/c28-22(21-18-9-1-2-10-19(18)31-23(21)27-13-3-4-14-27)25-16-7-5-8-17(15-16)32(29,30)26-20-11-6-12-24-20/h3-5,7-8,13-15H,1-2,6,9-12H2,(H,24,26)(H,25,28). The normalized spacial score (nSPS) is 15.8. The number of nitrogens with one attached hydrogen (secondary N) is 2. The number of anilines is 1. The third-order valence-electron chi connectivity index (χ3n) is 5.75. The van der Waals surface area contributed by atoms with Crippen molar-refractivity contribution in [3.05, 3.63) is 64.8 Å². The van der Waals surface area contributed by atoms with Crippen LogP contribution in [0, 0.1) is 0 Å². The van der Waals surface area contributed by atoms with Gasteiger partial charge in [-0.05, 0) is 68.0 Å². The molecular formula is C23H24N4O3S2. The highest BCUT2D eigenvalue weighted by atomic mass is 32.2. The molecule has 0 fully saturated rings. The van der Waals surface area contributed by atoms with Crippen LogP contribution in [0.4, 0.5) is 5.69 Å². The Kier molecular flexibility index (Phi) is 5.60. The van der Waals surface area contributed by atoms with Crippen LogP contribution in [0.2, 0.25) is 0 Å². The van der Waals surface area contributed by atoms with Gasteiger partial charge in [-0.25, -0.2) is 8.42 Å². The molecule has 2 aromatic heterocycles. The summed E-state index contributed by atoms with van der Waals surface area (Å²) in [5.41, 5.74) is 2.25. The predicted molar refractivity (Wildman–Crippen MR) is 127 cm³/mol. The van der Waals surface area contributed by atoms with E-state index in [0.29, 0.717) is 30.1 Å². The molecule has 0 bridgehead atoms. The lowest BCUT2D eigenvalue weighted by atomic mass is 9.95. The highest BCUT2D eigenvalue weighted by Gasteiger charge is 2.26. The summed E-state index contributed by atoms with van der Waals surface area (Å²) in [5, 5.41) is 3.84. The summed E-state index contributed by atoms with van der Waals surface area (Å²) in [5.74, 6) is 0.275. The number of sulfonamides is 1. The molecule has 0 spiro atoms. The molecule has 166 valence electrons. The largest absolute Gasteiger partial charge is 0.322 e. The summed E-state index contributed by atoms with van der Waals surface area (Å²) in [6, 6.07) is 10.2. The lowest BCUT2D eigenvalue weighted by Crippen LogP contribution is -2.29. The summed E-state index contributed by atoms with van der Waals surface area (Å²) in [6.07, 6.45) is 9.44. The van der Waals surface area contributed by atoms with Crippen LogP contribution in [0.25, 0.3) is 5.00 Å². The van der Waals surface area contributed by atoms with E-state index in [4.69, 9.17) is 0 Å². The van der Waals surface area contributed by atoms with Gasteiger partial charge in [-0.15, -0.1) is 11.3 Å². The van der Waals surface area contributed by atoms with Gasteiger partial charge in [0.15, 0.2) is 0 Å². The maximum absolute atomic E-state index is 13.4. The SMILES string of the molecule is O=C(Nc1cccc(S(=O)(=O)NC2=NCCC2)c1)c1c(-n2cccc2)sc2c1CCCC2. The fourth-order valence-corrected chi connectivity index (χ4v) is 6.70. The number of carbonyl (C=O) groups is 1. The number of hydrogen-bond acceptors (Lipinski definition) is 5. The number of benzene rings is 1. The van der Waals surface area contributed by atoms with Crippen LogP contribution >= 0.6 is 11.3 Å². The molecule has 7 nitrogen and oxygen atoms in total. The number of aryl methyl sites for hydroxylation is 1. The molecule has 2 aliphatic rings. The van der Waals surface area contributed by atoms with Crippen molar-refractivity contribution in [1.29, 1.82) is 0 Å². The van der Waals surface area contributed by atoms with E-state index in [1.165, 1.54) is 17.0 Å². The van der Waals surface area contributed by atoms with Gasteiger partial charge in [0.25, 0.3) is 15.9 Å². The van der Waals surface area contributed by atoms with Gasteiger partial charge in [0, 0.05) is 35.9 Å². The molecule has 0 saturated heterocycles. The van der Waals surface area contributed by atoms with E-state index in [9.17, 15) is 13.2 Å². The molecule has 0 atom stereocenters. The molecule has 0 radical (unpaired) electrons. The van der Waals surface area contributed by atoms with Gasteiger partial charge in [0.1, 0.15) is 10.8 Å². The zero-order valence-corrected chi connectivity index (χ0v) is 19.1. The number of carbonyl (C=O) groups excluding carboxylic acids is 1. The number of aromatic nitrogens is 1. The van der Waals surface area contributed by atoms with Gasteiger partial charge in [0.2, 0.25) is 0 Å². The Bertz CT molecular complexity index is 1290. The van der Waals surface area contributed by atoms with Gasteiger partial charge in [0.05, 0.1) is 10.5 Å². The van der Waals surface area contributed by atoms with Gasteiger partial charge in [-0.3, -0.25) is 14.5 Å². The van der Waals surface area contributed by atoms with Crippen LogP contribution in [0.5, 0.6) is 0 Å². The molecule has 3 aromatic rings. The molecule has 1 amide bonds. The van der Waals surface area contributed by atoms with Gasteiger partial charge in [-0.1, -0.05) is 6.07 Å². The fourth-order valence-electron chi connectivity index (χ4n) is 4.21. The molecule has 9 heteroatoms. The number of amidine groups is 1. The van der Waals surface area contributed by atoms with E-state index in [1.807, 2.05) is 29.1 Å². The van der Waals surface area contributed by atoms with E-state index in [0.717, 1.165) is 42.7 Å². The Balaban J connectivity index is 1.44. The first kappa shape index (κ1) is 21.0. The lowest BCUT2D eigenvalue weighted by Gasteiger charge is -2.14. The second-order valence-corrected chi connectivity index (χ2v) is 10.8. The second kappa shape index (κ2) is 8.55. The number of thiophene rings is 1. The van der Waals surface area contributed by atoms with E-state index in [-0.39, 0.29) is 10.8 Å². The summed E-state index contributed by atoms with van der Waals surface area (Å²) >= 11 is 1.67. The summed E-state index contributed by atoms with van der Waals surface area (Å²) in [7, 11) is -3.75. The molecule has 32 heavy (non-hydrogen) atoms. The molecule has 3 heterocycles. The number of rotatable bonds is 5. The first-order chi connectivity index (χ1) is 15.5. The Morgan fingerprint density at radius 3 is 2.62 bits per heavy atom. The van der Waals surface area contributed by atoms with Crippen LogP contribution in [-0.4, -0.2) is 31.3 Å². The minimum atomic E-state index is -3.75. The fraction of sp³-hybridized carbons (Fsp3) is 0.304. The van der Waals surface area contributed by atoms with Crippen molar-refractivity contribution in [3.63, 3.8) is 0 Å². The second-order valence-electron chi connectivity index (χ2n) is 8.00. The molecule has 2 N–H and O–H groups in total. The number of amides is 1. The number of hydrogen-bond donors (Lipinski definition) is 2. The Morgan fingerprint density at radius 2 is 1.84 bits per heavy atom. The lowest BCUT2D eigenvalue weighted by molar-refractivity contribution is 0.102. The molecule has 1 aromatic carbocycles. The topological polar surface area (TPSA) is 92.6 Å². The monoisotopic (exact) mass is 468 g/mol. The number of nitrogens with zero attached hydrogens (tertiary/aromatic N) is 2. The van der Waals surface area contributed by atoms with Crippen molar-refractivity contribution < 1.29 is 13.2 Å². The van der Waals surface area contributed by atoms with Crippen molar-refractivity contribution >= 4 is 38.8 Å². The molecule has 1 aliphatic carbocycles. The Labute approximate surface area is 191 Å². The Morgan fingerprint density at radius 1 is 1.03 bits per heavy atom. The average molecular weight is 469 g/mol. The highest BCUT2D eigenvalue weighted by Crippen LogP contribution is 2.37. The first-order valence-electron chi connectivity index (χ1n) is 10.8. The maximum atomic E-state index is 13.4. The quantitative estimate of drug-likeness (QED) is 0.589. The highest BCUT2D eigenvalue weighted by molar-refractivity contribution is 7.90. The van der Waals surface area contributed by atoms with Gasteiger partial charge in [-0.2, -0.15) is 0 Å². The molecule has 1 aliphatic heterocycles. The van der Waals surface area contributed by atoms with Crippen LogP contribution < -0.4 is 10.0 Å². The summed E-state index contributed by atoms with van der Waals surface area (Å²) in [6.45, 7) is 0.642. The molecule has 5 rings (SSSR count). The summed E-state index contributed by atoms with van der Waals surface area (Å²) in [4.78, 5) is 18.9. The van der Waals surface area contributed by atoms with Crippen LogP contribution in [-0.2, 0) is 22.9 Å². The van der Waals surface area contributed by atoms with E-state index in [2.05, 4.69) is 15.0 Å². The minimum Gasteiger partial charge on any atom is -0.322 e. The third kappa shape index (κ3) is 4.10. The maximum Gasteiger partial charge on any atom is 0.262 e. The first-order valence-corrected chi connectivity index (χ1v) is 13.1. The van der Waals surface area contributed by atoms with Gasteiger partial charge >= 0.3 is 0 Å². The van der Waals surface area contributed by atoms with E-state index in [1.54, 1.807) is 23.5 Å². The van der Waals surface area contributed by atoms with Crippen molar-refractivity contribution in [2.45, 2.75) is 43.4 Å². The van der Waals surface area contributed by atoms with E-state index >= 15 is 0 Å². The number of fused-ring (bicyclic) bond motifs is 1. The van der Waals surface area contributed by atoms with Crippen molar-refractivity contribution in [2.24, 2.45) is 4.99 Å². The minimum absolute atomic E-state index is 0.0999. The predicted octanol–water partition coefficient (Wildman–Crippen LogP) is 4.14. The summed E-state index contributed by atoms with van der Waals surface area (Å²) < 4.78 is 30.0. The van der Waals surface area contributed by atoms with Gasteiger partial charge < -0.3 is 9.88 Å². The zero-order valence-electron chi connectivity index (χ0n) is 17.5. The zero-order chi connectivity index (χ0) is 22.1. The molecular weight excluding hydrogens is 444 g/mol. The average Bonchev–Trinajstić information content (AvgIpc) is 3.54. The smallest absolute Gasteiger partial charge is 0.262 e. The van der Waals surface area contributed by atoms with Crippen molar-refractivity contribution in [1.82, 2.24) is 9.29 Å². The molecule has 0 saturated carbocycles. The third-order valence-corrected chi connectivity index (χ3v) is 8.43. The van der Waals surface area contributed by atoms with Crippen LogP contribution in [0.3, 0.4) is 0 Å². The van der Waals surface area contributed by atoms with Crippen LogP contribution in [0.1, 0.15) is 46.5 Å². The number of aliphatic imine (C=N–C) groups is 1. The van der Waals surface area contributed by atoms with Crippen molar-refractivity contribution in [3.8, 4) is 5.00 Å². The van der Waals surface area contributed by atoms with E-state index < -0.39 is 10.0 Å². The molecule has 0 unspecified atom stereocenters. The van der Waals surface area contributed by atoms with Crippen molar-refractivity contribution in [2.75, 3.05) is 11.9 Å². The van der Waals surface area contributed by atoms with Crippen LogP contribution in [0.15, 0.2) is 58.7 Å².